The van der Waals surface area contributed by atoms with Crippen molar-refractivity contribution in [1.29, 1.82) is 0 Å². The van der Waals surface area contributed by atoms with Crippen molar-refractivity contribution in [3.8, 4) is 0 Å². The maximum absolute atomic E-state index is 11.5. The van der Waals surface area contributed by atoms with Gasteiger partial charge in [0.25, 0.3) is 0 Å². The van der Waals surface area contributed by atoms with Crippen molar-refractivity contribution in [2.24, 2.45) is 5.73 Å². The van der Waals surface area contributed by atoms with Gasteiger partial charge in [0.2, 0.25) is 0 Å². The zero-order valence-corrected chi connectivity index (χ0v) is 8.31. The molecular weight excluding hydrogens is 231 g/mol. The normalized spacial score (nSPS) is 12.3. The first kappa shape index (κ1) is 15.5. The van der Waals surface area contributed by atoms with E-state index in [9.17, 15) is 21.6 Å². The van der Waals surface area contributed by atoms with E-state index >= 15 is 0 Å². The van der Waals surface area contributed by atoms with Gasteiger partial charge in [0, 0.05) is 6.54 Å². The van der Waals surface area contributed by atoms with Gasteiger partial charge in [-0.3, -0.25) is 0 Å². The minimum Gasteiger partial charge on any atom is -0.329 e. The van der Waals surface area contributed by atoms with Gasteiger partial charge in [0.05, 0.1) is 17.9 Å². The lowest BCUT2D eigenvalue weighted by Crippen LogP contribution is -2.22. The molecule has 0 bridgehead atoms. The van der Waals surface area contributed by atoms with E-state index < -0.39 is 28.2 Å². The number of hydrogen-bond donors (Lipinski definition) is 1. The molecule has 0 aliphatic rings. The highest BCUT2D eigenvalue weighted by atomic mass is 35.5. The molecule has 0 fully saturated rings. The Balaban J connectivity index is 0. The van der Waals surface area contributed by atoms with E-state index in [2.05, 4.69) is 0 Å². The largest absolute Gasteiger partial charge is 0.390 e. The molecule has 0 aliphatic heterocycles. The number of hydrogen-bond acceptors (Lipinski definition) is 3. The van der Waals surface area contributed by atoms with Crippen LogP contribution in [0.2, 0.25) is 0 Å². The standard InChI is InChI=1S/C5H10F3NO2S.ClH/c6-5(7,8)1-3-12(10,11)4-2-9;/h1-4,9H2;1H. The fourth-order valence-corrected chi connectivity index (χ4v) is 1.66. The molecule has 0 aliphatic carbocycles. The minimum absolute atomic E-state index is 0. The molecule has 0 unspecified atom stereocenters. The van der Waals surface area contributed by atoms with Gasteiger partial charge in [0.1, 0.15) is 0 Å². The summed E-state index contributed by atoms with van der Waals surface area (Å²) < 4.78 is 56.0. The van der Waals surface area contributed by atoms with Crippen molar-refractivity contribution in [3.05, 3.63) is 0 Å². The van der Waals surface area contributed by atoms with Crippen LogP contribution in [0.3, 0.4) is 0 Å². The molecule has 3 nitrogen and oxygen atoms in total. The molecular formula is C5H11ClF3NO2S. The first-order valence-corrected chi connectivity index (χ1v) is 5.06. The van der Waals surface area contributed by atoms with Gasteiger partial charge in [0.15, 0.2) is 9.84 Å². The number of alkyl halides is 3. The Morgan fingerprint density at radius 2 is 1.62 bits per heavy atom. The fraction of sp³-hybridized carbons (Fsp3) is 1.00. The van der Waals surface area contributed by atoms with Gasteiger partial charge < -0.3 is 5.73 Å². The van der Waals surface area contributed by atoms with Crippen molar-refractivity contribution in [3.63, 3.8) is 0 Å². The number of nitrogens with two attached hydrogens (primary N) is 1. The van der Waals surface area contributed by atoms with Gasteiger partial charge in [-0.15, -0.1) is 12.4 Å². The summed E-state index contributed by atoms with van der Waals surface area (Å²) in [6.07, 6.45) is -5.71. The van der Waals surface area contributed by atoms with Crippen LogP contribution in [0, 0.1) is 0 Å². The summed E-state index contributed by atoms with van der Waals surface area (Å²) in [7, 11) is -3.61. The van der Waals surface area contributed by atoms with Crippen LogP contribution < -0.4 is 5.73 Å². The number of rotatable bonds is 4. The highest BCUT2D eigenvalue weighted by Gasteiger charge is 2.29. The summed E-state index contributed by atoms with van der Waals surface area (Å²) >= 11 is 0. The Morgan fingerprint density at radius 3 is 1.92 bits per heavy atom. The summed E-state index contributed by atoms with van der Waals surface area (Å²) in [5.41, 5.74) is 4.89. The predicted molar refractivity (Wildman–Crippen MR) is 45.6 cm³/mol. The zero-order chi connectivity index (χ0) is 9.83. The molecule has 0 radical (unpaired) electrons. The Kier molecular flexibility index (Phi) is 6.74. The third-order valence-electron chi connectivity index (χ3n) is 1.13. The van der Waals surface area contributed by atoms with Gasteiger partial charge in [-0.1, -0.05) is 0 Å². The number of halogens is 4. The van der Waals surface area contributed by atoms with Gasteiger partial charge in [-0.05, 0) is 0 Å². The van der Waals surface area contributed by atoms with Crippen LogP contribution in [0.15, 0.2) is 0 Å². The second-order valence-electron chi connectivity index (χ2n) is 2.31. The Labute approximate surface area is 80.8 Å². The SMILES string of the molecule is Cl.NCCS(=O)(=O)CCC(F)(F)F. The van der Waals surface area contributed by atoms with Crippen molar-refractivity contribution in [1.82, 2.24) is 0 Å². The van der Waals surface area contributed by atoms with E-state index in [1.54, 1.807) is 0 Å². The Morgan fingerprint density at radius 1 is 1.15 bits per heavy atom. The molecule has 0 spiro atoms. The molecule has 0 saturated heterocycles. The molecule has 0 aromatic heterocycles. The van der Waals surface area contributed by atoms with Gasteiger partial charge in [-0.25, -0.2) is 8.42 Å². The lowest BCUT2D eigenvalue weighted by molar-refractivity contribution is -0.129. The minimum atomic E-state index is -4.42. The topological polar surface area (TPSA) is 60.2 Å². The van der Waals surface area contributed by atoms with Gasteiger partial charge >= 0.3 is 6.18 Å². The third kappa shape index (κ3) is 9.91. The first-order chi connectivity index (χ1) is 5.27. The van der Waals surface area contributed by atoms with Crippen molar-refractivity contribution < 1.29 is 21.6 Å². The van der Waals surface area contributed by atoms with Gasteiger partial charge in [-0.2, -0.15) is 13.2 Å². The molecule has 0 amide bonds. The van der Waals surface area contributed by atoms with E-state index in [-0.39, 0.29) is 24.7 Å². The van der Waals surface area contributed by atoms with Crippen LogP contribution in [0.1, 0.15) is 6.42 Å². The molecule has 0 aromatic rings. The first-order valence-electron chi connectivity index (χ1n) is 3.24. The molecule has 0 aromatic carbocycles. The number of sulfone groups is 1. The van der Waals surface area contributed by atoms with Crippen LogP contribution in [-0.4, -0.2) is 32.6 Å². The fourth-order valence-electron chi connectivity index (χ4n) is 0.553. The highest BCUT2D eigenvalue weighted by Crippen LogP contribution is 2.20. The van der Waals surface area contributed by atoms with E-state index in [0.717, 1.165) is 0 Å². The summed E-state index contributed by atoms with van der Waals surface area (Å²) in [4.78, 5) is 0. The van der Waals surface area contributed by atoms with E-state index in [1.807, 2.05) is 0 Å². The predicted octanol–water partition coefficient (Wildman–Crippen LogP) is 0.734. The molecule has 0 rings (SSSR count). The van der Waals surface area contributed by atoms with Crippen LogP contribution >= 0.6 is 12.4 Å². The van der Waals surface area contributed by atoms with Crippen LogP contribution in [-0.2, 0) is 9.84 Å². The maximum Gasteiger partial charge on any atom is 0.390 e. The molecule has 13 heavy (non-hydrogen) atoms. The lowest BCUT2D eigenvalue weighted by atomic mass is 10.5. The smallest absolute Gasteiger partial charge is 0.329 e. The second-order valence-corrected chi connectivity index (χ2v) is 4.61. The van der Waals surface area contributed by atoms with Crippen molar-refractivity contribution in [2.45, 2.75) is 12.6 Å². The van der Waals surface area contributed by atoms with E-state index in [0.29, 0.717) is 0 Å². The summed E-state index contributed by atoms with van der Waals surface area (Å²) in [5, 5.41) is 0. The third-order valence-corrected chi connectivity index (χ3v) is 2.81. The quantitative estimate of drug-likeness (QED) is 0.790. The summed E-state index contributed by atoms with van der Waals surface area (Å²) in [5.74, 6) is -1.25. The molecule has 0 saturated carbocycles. The molecule has 0 atom stereocenters. The Bertz CT molecular complexity index is 226. The maximum atomic E-state index is 11.5. The molecule has 2 N–H and O–H groups in total. The van der Waals surface area contributed by atoms with Crippen molar-refractivity contribution >= 4 is 22.2 Å². The zero-order valence-electron chi connectivity index (χ0n) is 6.67. The average Bonchev–Trinajstić information content (AvgIpc) is 1.83. The van der Waals surface area contributed by atoms with E-state index in [1.165, 1.54) is 0 Å². The van der Waals surface area contributed by atoms with E-state index in [4.69, 9.17) is 5.73 Å². The lowest BCUT2D eigenvalue weighted by Gasteiger charge is -2.05. The van der Waals surface area contributed by atoms with Crippen LogP contribution in [0.4, 0.5) is 13.2 Å². The summed E-state index contributed by atoms with van der Waals surface area (Å²) in [6, 6.07) is 0. The highest BCUT2D eigenvalue weighted by molar-refractivity contribution is 7.91. The Hall–Kier alpha value is -0.0100. The van der Waals surface area contributed by atoms with Crippen LogP contribution in [0.5, 0.6) is 0 Å². The second kappa shape index (κ2) is 5.66. The monoisotopic (exact) mass is 241 g/mol. The summed E-state index contributed by atoms with van der Waals surface area (Å²) in [6.45, 7) is -0.139. The van der Waals surface area contributed by atoms with Crippen molar-refractivity contribution in [2.75, 3.05) is 18.1 Å². The molecule has 8 heteroatoms. The van der Waals surface area contributed by atoms with Crippen LogP contribution in [0.25, 0.3) is 0 Å². The molecule has 0 heterocycles. The molecule has 82 valence electrons. The average molecular weight is 242 g/mol.